The first-order chi connectivity index (χ1) is 12.0. The molecule has 0 aliphatic rings. The number of rotatable bonds is 8. The van der Waals surface area contributed by atoms with Gasteiger partial charge in [-0.3, -0.25) is 9.89 Å². The second-order valence-electron chi connectivity index (χ2n) is 4.78. The third-order valence-corrected chi connectivity index (χ3v) is 3.31. The number of H-pyrrole nitrogens is 1. The molecule has 0 saturated carbocycles. The van der Waals surface area contributed by atoms with Gasteiger partial charge in [0.05, 0.1) is 26.9 Å². The van der Waals surface area contributed by atoms with E-state index in [1.807, 2.05) is 0 Å². The molecule has 2 aromatic rings. The van der Waals surface area contributed by atoms with Gasteiger partial charge in [0.15, 0.2) is 23.1 Å². The van der Waals surface area contributed by atoms with Gasteiger partial charge in [-0.15, -0.1) is 0 Å². The molecule has 1 aromatic carbocycles. The van der Waals surface area contributed by atoms with Crippen LogP contribution in [-0.4, -0.2) is 54.9 Å². The Morgan fingerprint density at radius 3 is 2.38 bits per heavy atom. The summed E-state index contributed by atoms with van der Waals surface area (Å²) >= 11 is 0. The van der Waals surface area contributed by atoms with Crippen LogP contribution in [0.5, 0.6) is 17.2 Å². The Morgan fingerprint density at radius 1 is 1.15 bits per heavy atom. The summed E-state index contributed by atoms with van der Waals surface area (Å²) < 4.78 is 15.7. The van der Waals surface area contributed by atoms with Crippen LogP contribution in [0.2, 0.25) is 0 Å². The van der Waals surface area contributed by atoms with Crippen molar-refractivity contribution >= 4 is 11.9 Å². The van der Waals surface area contributed by atoms with Crippen molar-refractivity contribution in [1.82, 2.24) is 20.5 Å². The number of carbonyl (C=O) groups is 2. The minimum absolute atomic E-state index is 0. The van der Waals surface area contributed by atoms with Crippen molar-refractivity contribution < 1.29 is 58.5 Å². The molecule has 0 unspecified atom stereocenters. The van der Waals surface area contributed by atoms with Crippen molar-refractivity contribution in [2.45, 2.75) is 6.42 Å². The Labute approximate surface area is 171 Å². The monoisotopic (exact) mass is 372 g/mol. The molecule has 0 spiro atoms. The van der Waals surface area contributed by atoms with Crippen LogP contribution in [0.15, 0.2) is 12.1 Å². The van der Waals surface area contributed by atoms with E-state index in [1.54, 1.807) is 12.1 Å². The summed E-state index contributed by atoms with van der Waals surface area (Å²) in [4.78, 5) is 26.7. The van der Waals surface area contributed by atoms with Crippen LogP contribution in [0.25, 0.3) is 0 Å². The van der Waals surface area contributed by atoms with E-state index in [0.717, 1.165) is 0 Å². The van der Waals surface area contributed by atoms with Crippen LogP contribution in [0, 0.1) is 0 Å². The molecule has 1 amide bonds. The smallest absolute Gasteiger partial charge is 0.542 e. The van der Waals surface area contributed by atoms with E-state index >= 15 is 0 Å². The number of carboxylic acid groups (broad SMARTS) is 1. The number of carbonyl (C=O) groups excluding carboxylic acids is 2. The van der Waals surface area contributed by atoms with Gasteiger partial charge < -0.3 is 29.4 Å². The summed E-state index contributed by atoms with van der Waals surface area (Å²) in [5, 5.41) is 19.2. The molecular formula is C15H17N4NaO6. The van der Waals surface area contributed by atoms with Crippen molar-refractivity contribution in [2.75, 3.05) is 27.9 Å². The molecule has 0 aliphatic carbocycles. The largest absolute Gasteiger partial charge is 1.00 e. The second-order valence-corrected chi connectivity index (χ2v) is 4.78. The molecular weight excluding hydrogens is 355 g/mol. The predicted octanol–water partition coefficient (Wildman–Crippen LogP) is -3.83. The topological polar surface area (TPSA) is 138 Å². The third-order valence-electron chi connectivity index (χ3n) is 3.31. The molecule has 11 heteroatoms. The number of aromatic carboxylic acids is 1. The molecule has 0 fully saturated rings. The van der Waals surface area contributed by atoms with Crippen molar-refractivity contribution in [2.24, 2.45) is 0 Å². The number of nitrogens with zero attached hydrogens (tertiary/aromatic N) is 2. The van der Waals surface area contributed by atoms with E-state index in [1.165, 1.54) is 21.3 Å². The van der Waals surface area contributed by atoms with Crippen LogP contribution < -0.4 is 54.2 Å². The molecule has 10 nitrogen and oxygen atoms in total. The summed E-state index contributed by atoms with van der Waals surface area (Å²) in [5.41, 5.74) is 0.269. The van der Waals surface area contributed by atoms with Gasteiger partial charge in [-0.25, -0.2) is 4.98 Å². The van der Waals surface area contributed by atoms with Crippen LogP contribution in [0.3, 0.4) is 0 Å². The number of carboxylic acids is 1. The molecule has 1 aromatic heterocycles. The maximum absolute atomic E-state index is 12.4. The molecule has 0 saturated heterocycles. The number of nitrogens with one attached hydrogen (secondary N) is 2. The Balaban J connectivity index is 0.00000338. The van der Waals surface area contributed by atoms with Crippen molar-refractivity contribution in [3.8, 4) is 17.2 Å². The first-order valence-electron chi connectivity index (χ1n) is 7.21. The normalized spacial score (nSPS) is 9.81. The Bertz CT molecular complexity index is 779. The quantitative estimate of drug-likeness (QED) is 0.450. The number of benzene rings is 1. The summed E-state index contributed by atoms with van der Waals surface area (Å²) in [6, 6.07) is 3.15. The number of ether oxygens (including phenoxy) is 3. The molecule has 0 atom stereocenters. The van der Waals surface area contributed by atoms with E-state index in [2.05, 4.69) is 20.5 Å². The molecule has 26 heavy (non-hydrogen) atoms. The molecule has 0 aliphatic heterocycles. The molecule has 0 radical (unpaired) electrons. The van der Waals surface area contributed by atoms with Crippen LogP contribution in [0.4, 0.5) is 0 Å². The van der Waals surface area contributed by atoms with Crippen LogP contribution >= 0.6 is 0 Å². The minimum atomic E-state index is -1.45. The molecule has 134 valence electrons. The molecule has 2 rings (SSSR count). The van der Waals surface area contributed by atoms with E-state index < -0.39 is 11.9 Å². The average Bonchev–Trinajstić information content (AvgIpc) is 3.09. The van der Waals surface area contributed by atoms with Gasteiger partial charge in [-0.05, 0) is 12.1 Å². The zero-order valence-electron chi connectivity index (χ0n) is 14.9. The first kappa shape index (κ1) is 21.7. The predicted molar refractivity (Wildman–Crippen MR) is 82.8 cm³/mol. The summed E-state index contributed by atoms with van der Waals surface area (Å²) in [5.74, 6) is -0.957. The van der Waals surface area contributed by atoms with Crippen LogP contribution in [-0.2, 0) is 6.42 Å². The number of aromatic nitrogens is 3. The van der Waals surface area contributed by atoms with Gasteiger partial charge in [0.2, 0.25) is 5.75 Å². The fourth-order valence-electron chi connectivity index (χ4n) is 2.16. The third kappa shape index (κ3) is 4.87. The maximum Gasteiger partial charge on any atom is 1.00 e. The average molecular weight is 372 g/mol. The molecule has 2 N–H and O–H groups in total. The van der Waals surface area contributed by atoms with Gasteiger partial charge in [0, 0.05) is 13.0 Å². The number of hydrogen-bond donors (Lipinski definition) is 2. The van der Waals surface area contributed by atoms with Crippen molar-refractivity contribution in [3.05, 3.63) is 29.3 Å². The van der Waals surface area contributed by atoms with E-state index in [0.29, 0.717) is 11.5 Å². The Hall–Kier alpha value is -2.30. The fraction of sp³-hybridized carbons (Fsp3) is 0.333. The van der Waals surface area contributed by atoms with Gasteiger partial charge in [0.1, 0.15) is 5.97 Å². The minimum Gasteiger partial charge on any atom is -0.542 e. The zero-order valence-corrected chi connectivity index (χ0v) is 16.9. The van der Waals surface area contributed by atoms with Gasteiger partial charge >= 0.3 is 29.6 Å². The number of methoxy groups -OCH3 is 3. The standard InChI is InChI=1S/C15H18N4O6.Na/c1-23-9-5-4-8(11(24-2)12(9)25-3)14(20)16-7-6-10-17-13(15(21)22)19-18-10;/h4-5H,6-7H2,1-3H3,(H,16,20)(H,21,22)(H,17,18,19);/q;+1/p-1. The number of aromatic amines is 1. The first-order valence-corrected chi connectivity index (χ1v) is 7.21. The maximum atomic E-state index is 12.4. The number of hydrogen-bond acceptors (Lipinski definition) is 8. The van der Waals surface area contributed by atoms with E-state index in [9.17, 15) is 14.7 Å². The van der Waals surface area contributed by atoms with E-state index in [4.69, 9.17) is 14.2 Å². The number of amides is 1. The molecule has 1 heterocycles. The SMILES string of the molecule is COc1ccc(C(=O)NCCc2n[nH]c(C(=O)[O-])n2)c(OC)c1OC.[Na+]. The van der Waals surface area contributed by atoms with Crippen LogP contribution in [0.1, 0.15) is 26.8 Å². The van der Waals surface area contributed by atoms with Gasteiger partial charge in [-0.2, -0.15) is 5.10 Å². The zero-order chi connectivity index (χ0) is 18.4. The Morgan fingerprint density at radius 2 is 1.85 bits per heavy atom. The summed E-state index contributed by atoms with van der Waals surface area (Å²) in [6.45, 7) is 0.195. The molecule has 0 bridgehead atoms. The summed E-state index contributed by atoms with van der Waals surface area (Å²) in [7, 11) is 4.35. The van der Waals surface area contributed by atoms with Crippen molar-refractivity contribution in [3.63, 3.8) is 0 Å². The van der Waals surface area contributed by atoms with Gasteiger partial charge in [-0.1, -0.05) is 0 Å². The fourth-order valence-corrected chi connectivity index (χ4v) is 2.16. The second kappa shape index (κ2) is 10.00. The summed E-state index contributed by atoms with van der Waals surface area (Å²) in [6.07, 6.45) is 0.241. The van der Waals surface area contributed by atoms with Crippen molar-refractivity contribution in [1.29, 1.82) is 0 Å². The Kier molecular flexibility index (Phi) is 8.36. The van der Waals surface area contributed by atoms with E-state index in [-0.39, 0.29) is 65.5 Å². The van der Waals surface area contributed by atoms with Gasteiger partial charge in [0.25, 0.3) is 5.91 Å².